The molecule has 0 amide bonds. The summed E-state index contributed by atoms with van der Waals surface area (Å²) in [6.07, 6.45) is -2.18. The Bertz CT molecular complexity index is 1320. The molecule has 12 heteroatoms. The van der Waals surface area contributed by atoms with Crippen LogP contribution in [0.3, 0.4) is 0 Å². The number of aliphatic hydroxyl groups excluding tert-OH is 1. The molecular weight excluding hydrogens is 434 g/mol. The lowest BCUT2D eigenvalue weighted by Gasteiger charge is -2.37. The minimum atomic E-state index is -2.16. The van der Waals surface area contributed by atoms with Crippen molar-refractivity contribution in [2.75, 3.05) is 0 Å². The Balaban J connectivity index is 1.90. The molecule has 3 aliphatic rings. The molecule has 168 valence electrons. The normalized spacial score (nSPS) is 22.7. The van der Waals surface area contributed by atoms with Crippen molar-refractivity contribution in [1.29, 1.82) is 0 Å². The largest absolute Gasteiger partial charge is 0.376 e. The van der Waals surface area contributed by atoms with Crippen molar-refractivity contribution in [2.45, 2.75) is 38.0 Å². The van der Waals surface area contributed by atoms with Crippen molar-refractivity contribution < 1.29 is 19.9 Å². The molecule has 0 saturated heterocycles. The zero-order chi connectivity index (χ0) is 23.7. The van der Waals surface area contributed by atoms with E-state index in [9.17, 15) is 35.4 Å². The summed E-state index contributed by atoms with van der Waals surface area (Å²) in [5, 5.41) is 53.2. The molecule has 2 unspecified atom stereocenters. The zero-order valence-electron chi connectivity index (χ0n) is 17.3. The van der Waals surface area contributed by atoms with Crippen molar-refractivity contribution in [1.82, 2.24) is 5.01 Å². The Hall–Kier alpha value is -4.19. The highest BCUT2D eigenvalue weighted by Crippen LogP contribution is 2.56. The van der Waals surface area contributed by atoms with Gasteiger partial charge in [0.1, 0.15) is 5.70 Å². The van der Waals surface area contributed by atoms with Gasteiger partial charge in [-0.15, -0.1) is 0 Å². The van der Waals surface area contributed by atoms with Crippen LogP contribution in [0.5, 0.6) is 0 Å². The van der Waals surface area contributed by atoms with Crippen LogP contribution in [0.2, 0.25) is 0 Å². The molecule has 2 atom stereocenters. The average Bonchev–Trinajstić information content (AvgIpc) is 3.16. The van der Waals surface area contributed by atoms with Gasteiger partial charge in [-0.1, -0.05) is 30.3 Å². The summed E-state index contributed by atoms with van der Waals surface area (Å²) in [7, 11) is 0. The lowest BCUT2D eigenvalue weighted by atomic mass is 9.73. The van der Waals surface area contributed by atoms with E-state index in [-0.39, 0.29) is 53.2 Å². The van der Waals surface area contributed by atoms with Gasteiger partial charge in [-0.05, 0) is 24.5 Å². The molecule has 0 saturated carbocycles. The molecule has 33 heavy (non-hydrogen) atoms. The SMILES string of the molecule is CC1=NN(Cc2ccccc2)C2=C([N+](=O)[O-])C(O)C3([N+](=O)[O-])CCc4cc([N+](=O)[O-])c1c2c43. The summed E-state index contributed by atoms with van der Waals surface area (Å²) >= 11 is 0. The topological polar surface area (TPSA) is 165 Å². The predicted octanol–water partition coefficient (Wildman–Crippen LogP) is 2.57. The van der Waals surface area contributed by atoms with Crippen LogP contribution in [0.25, 0.3) is 5.70 Å². The molecule has 0 bridgehead atoms. The predicted molar refractivity (Wildman–Crippen MR) is 114 cm³/mol. The lowest BCUT2D eigenvalue weighted by molar-refractivity contribution is -0.598. The van der Waals surface area contributed by atoms with E-state index in [2.05, 4.69) is 5.10 Å². The fourth-order valence-electron chi connectivity index (χ4n) is 5.25. The Labute approximate surface area is 185 Å². The van der Waals surface area contributed by atoms with E-state index >= 15 is 0 Å². The molecule has 5 rings (SSSR count). The van der Waals surface area contributed by atoms with E-state index in [1.807, 2.05) is 0 Å². The van der Waals surface area contributed by atoms with E-state index in [1.165, 1.54) is 18.0 Å². The van der Waals surface area contributed by atoms with Crippen LogP contribution in [-0.2, 0) is 18.5 Å². The van der Waals surface area contributed by atoms with Gasteiger partial charge in [0.25, 0.3) is 11.2 Å². The Morgan fingerprint density at radius 1 is 1.12 bits per heavy atom. The zero-order valence-corrected chi connectivity index (χ0v) is 17.3. The maximum Gasteiger partial charge on any atom is 0.308 e. The first-order chi connectivity index (χ1) is 15.7. The Kier molecular flexibility index (Phi) is 4.33. The van der Waals surface area contributed by atoms with E-state index in [0.29, 0.717) is 5.56 Å². The standard InChI is InChI=1S/C21H17N5O7/c1-11-15-14(24(28)29)9-13-7-8-21(26(32)33)17(13)16(15)18(19(20(21)27)25(30)31)23(22-11)10-12-5-3-2-4-6-12/h2-6,9,20,27H,7-8,10H2,1H3. The van der Waals surface area contributed by atoms with Crippen LogP contribution in [0.1, 0.15) is 41.2 Å². The van der Waals surface area contributed by atoms with E-state index in [4.69, 9.17) is 0 Å². The van der Waals surface area contributed by atoms with Gasteiger partial charge < -0.3 is 5.11 Å². The van der Waals surface area contributed by atoms with Gasteiger partial charge in [0.2, 0.25) is 6.10 Å². The van der Waals surface area contributed by atoms with Crippen LogP contribution in [-0.4, -0.2) is 36.7 Å². The van der Waals surface area contributed by atoms with Gasteiger partial charge in [0, 0.05) is 28.5 Å². The van der Waals surface area contributed by atoms with E-state index < -0.39 is 32.1 Å². The summed E-state index contributed by atoms with van der Waals surface area (Å²) in [6, 6.07) is 10.2. The fraction of sp³-hybridized carbons (Fsp3) is 0.286. The second-order valence-corrected chi connectivity index (χ2v) is 8.24. The number of nitro benzene ring substituents is 1. The van der Waals surface area contributed by atoms with E-state index in [1.54, 1.807) is 30.3 Å². The summed E-state index contributed by atoms with van der Waals surface area (Å²) < 4.78 is 0. The molecule has 1 N–H and O–H groups in total. The van der Waals surface area contributed by atoms with Gasteiger partial charge in [-0.25, -0.2) is 0 Å². The van der Waals surface area contributed by atoms with Gasteiger partial charge in [-0.3, -0.25) is 35.4 Å². The number of hydrogen-bond donors (Lipinski definition) is 1. The number of nitrogens with zero attached hydrogens (tertiary/aromatic N) is 5. The van der Waals surface area contributed by atoms with Gasteiger partial charge in [0.05, 0.1) is 27.7 Å². The Morgan fingerprint density at radius 3 is 2.42 bits per heavy atom. The smallest absolute Gasteiger partial charge is 0.308 e. The molecule has 0 spiro atoms. The molecule has 1 aliphatic heterocycles. The summed E-state index contributed by atoms with van der Waals surface area (Å²) in [6.45, 7) is 1.60. The molecular formula is C21H17N5O7. The van der Waals surface area contributed by atoms with Gasteiger partial charge in [0.15, 0.2) is 0 Å². The number of aryl methyl sites for hydroxylation is 1. The number of hydrogen-bond acceptors (Lipinski definition) is 9. The first-order valence-electron chi connectivity index (χ1n) is 10.1. The van der Waals surface area contributed by atoms with Crippen LogP contribution in [0, 0.1) is 30.3 Å². The van der Waals surface area contributed by atoms with Gasteiger partial charge >= 0.3 is 5.70 Å². The fourth-order valence-corrected chi connectivity index (χ4v) is 5.25. The number of benzene rings is 2. The molecule has 0 aromatic heterocycles. The third-order valence-corrected chi connectivity index (χ3v) is 6.57. The first kappa shape index (κ1) is 20.7. The minimum absolute atomic E-state index is 0.0115. The highest BCUT2D eigenvalue weighted by molar-refractivity contribution is 6.09. The highest BCUT2D eigenvalue weighted by Gasteiger charge is 2.66. The molecule has 0 radical (unpaired) electrons. The number of aliphatic hydroxyl groups is 1. The molecule has 1 heterocycles. The second kappa shape index (κ2) is 6.90. The number of rotatable bonds is 5. The van der Waals surface area contributed by atoms with Gasteiger partial charge in [-0.2, -0.15) is 5.10 Å². The molecule has 12 nitrogen and oxygen atoms in total. The van der Waals surface area contributed by atoms with Crippen molar-refractivity contribution >= 4 is 17.1 Å². The molecule has 2 aromatic carbocycles. The van der Waals surface area contributed by atoms with Crippen LogP contribution in [0.4, 0.5) is 5.69 Å². The quantitative estimate of drug-likeness (QED) is 0.535. The number of hydrazone groups is 1. The molecule has 2 aromatic rings. The van der Waals surface area contributed by atoms with Crippen molar-refractivity contribution in [3.05, 3.63) is 100 Å². The van der Waals surface area contributed by atoms with Crippen molar-refractivity contribution in [3.63, 3.8) is 0 Å². The minimum Gasteiger partial charge on any atom is -0.376 e. The monoisotopic (exact) mass is 451 g/mol. The average molecular weight is 451 g/mol. The lowest BCUT2D eigenvalue weighted by Crippen LogP contribution is -2.51. The van der Waals surface area contributed by atoms with E-state index in [0.717, 1.165) is 5.56 Å². The molecule has 2 aliphatic carbocycles. The third-order valence-electron chi connectivity index (χ3n) is 6.57. The summed E-state index contributed by atoms with van der Waals surface area (Å²) in [4.78, 5) is 34.2. The maximum atomic E-state index is 12.3. The maximum absolute atomic E-state index is 12.3. The van der Waals surface area contributed by atoms with Crippen molar-refractivity contribution in [3.8, 4) is 0 Å². The van der Waals surface area contributed by atoms with Crippen LogP contribution >= 0.6 is 0 Å². The Morgan fingerprint density at radius 2 is 1.82 bits per heavy atom. The second-order valence-electron chi connectivity index (χ2n) is 8.24. The third kappa shape index (κ3) is 2.64. The van der Waals surface area contributed by atoms with Crippen LogP contribution in [0.15, 0.2) is 47.2 Å². The van der Waals surface area contributed by atoms with Crippen molar-refractivity contribution in [2.24, 2.45) is 5.10 Å². The number of nitro groups is 3. The highest BCUT2D eigenvalue weighted by atomic mass is 16.6. The first-order valence-corrected chi connectivity index (χ1v) is 10.1. The molecule has 0 fully saturated rings. The summed E-state index contributed by atoms with van der Waals surface area (Å²) in [5.41, 5.74) is -1.93. The summed E-state index contributed by atoms with van der Waals surface area (Å²) in [5.74, 6) is 0. The van der Waals surface area contributed by atoms with Crippen LogP contribution < -0.4 is 0 Å².